The molecule has 3 amide bonds. The Morgan fingerprint density at radius 3 is 2.50 bits per heavy atom. The molecule has 1 aromatic carbocycles. The van der Waals surface area contributed by atoms with E-state index in [1.807, 2.05) is 7.05 Å². The van der Waals surface area contributed by atoms with Crippen LogP contribution in [0.5, 0.6) is 5.75 Å². The van der Waals surface area contributed by atoms with Crippen LogP contribution >= 0.6 is 0 Å². The molecule has 1 N–H and O–H groups in total. The Morgan fingerprint density at radius 1 is 1.03 bits per heavy atom. The van der Waals surface area contributed by atoms with Crippen molar-refractivity contribution in [2.24, 2.45) is 13.0 Å². The molecule has 1 atom stereocenters. The number of fused-ring (bicyclic) bond motifs is 1. The lowest BCUT2D eigenvalue weighted by Crippen LogP contribution is -2.46. The number of rotatable bonds is 5. The van der Waals surface area contributed by atoms with E-state index >= 15 is 0 Å². The zero-order valence-corrected chi connectivity index (χ0v) is 19.7. The van der Waals surface area contributed by atoms with Gasteiger partial charge in [0.1, 0.15) is 5.75 Å². The van der Waals surface area contributed by atoms with E-state index in [9.17, 15) is 14.4 Å². The highest BCUT2D eigenvalue weighted by Gasteiger charge is 2.35. The first kappa shape index (κ1) is 22.4. The maximum atomic E-state index is 13.5. The van der Waals surface area contributed by atoms with Gasteiger partial charge in [0.25, 0.3) is 11.8 Å². The SMILES string of the molecule is COc1ccc(C(=O)N2CCc3c(c(C(=O)N4CCC[C@H](C(=O)NC5CC5)C4)nn3C)C2)cc1. The van der Waals surface area contributed by atoms with Gasteiger partial charge in [-0.05, 0) is 49.9 Å². The number of benzene rings is 1. The number of nitrogens with zero attached hydrogens (tertiary/aromatic N) is 4. The number of nitrogens with one attached hydrogen (secondary N) is 1. The Kier molecular flexibility index (Phi) is 6.02. The lowest BCUT2D eigenvalue weighted by atomic mass is 9.96. The van der Waals surface area contributed by atoms with Crippen LogP contribution in [0.4, 0.5) is 0 Å². The maximum absolute atomic E-state index is 13.5. The third kappa shape index (κ3) is 4.38. The predicted octanol–water partition coefficient (Wildman–Crippen LogP) is 1.76. The molecule has 1 aliphatic carbocycles. The number of amides is 3. The summed E-state index contributed by atoms with van der Waals surface area (Å²) in [5, 5.41) is 7.62. The van der Waals surface area contributed by atoms with Gasteiger partial charge >= 0.3 is 0 Å². The van der Waals surface area contributed by atoms with Gasteiger partial charge in [-0.3, -0.25) is 19.1 Å². The van der Waals surface area contributed by atoms with Crippen molar-refractivity contribution in [1.82, 2.24) is 24.9 Å². The summed E-state index contributed by atoms with van der Waals surface area (Å²) in [6, 6.07) is 7.37. The Labute approximate surface area is 199 Å². The molecule has 3 aliphatic rings. The predicted molar refractivity (Wildman–Crippen MR) is 124 cm³/mol. The van der Waals surface area contributed by atoms with Gasteiger partial charge in [0, 0.05) is 56.0 Å². The first-order chi connectivity index (χ1) is 16.4. The van der Waals surface area contributed by atoms with Crippen LogP contribution in [-0.4, -0.2) is 70.1 Å². The molecule has 3 heterocycles. The standard InChI is InChI=1S/C25H31N5O4/c1-28-21-11-13-30(24(32)16-5-9-19(34-2)10-6-16)15-20(21)22(27-28)25(33)29-12-3-4-17(14-29)23(31)26-18-7-8-18/h5-6,9-10,17-18H,3-4,7-8,11-15H2,1-2H3,(H,26,31)/t17-/m0/s1. The first-order valence-corrected chi connectivity index (χ1v) is 12.0. The van der Waals surface area contributed by atoms with Crippen LogP contribution in [0.15, 0.2) is 24.3 Å². The summed E-state index contributed by atoms with van der Waals surface area (Å²) in [7, 11) is 3.44. The second-order valence-electron chi connectivity index (χ2n) is 9.48. The molecule has 0 radical (unpaired) electrons. The molecule has 9 heteroatoms. The maximum Gasteiger partial charge on any atom is 0.274 e. The summed E-state index contributed by atoms with van der Waals surface area (Å²) in [6.45, 7) is 1.94. The quantitative estimate of drug-likeness (QED) is 0.726. The number of carbonyl (C=O) groups excluding carboxylic acids is 3. The zero-order valence-electron chi connectivity index (χ0n) is 19.7. The molecule has 0 spiro atoms. The third-order valence-corrected chi connectivity index (χ3v) is 7.07. The second kappa shape index (κ2) is 9.12. The molecule has 1 saturated carbocycles. The largest absolute Gasteiger partial charge is 0.497 e. The summed E-state index contributed by atoms with van der Waals surface area (Å²) >= 11 is 0. The number of aromatic nitrogens is 2. The van der Waals surface area contributed by atoms with E-state index in [4.69, 9.17) is 4.74 Å². The van der Waals surface area contributed by atoms with Crippen LogP contribution in [0.25, 0.3) is 0 Å². The molecule has 9 nitrogen and oxygen atoms in total. The number of carbonyl (C=O) groups is 3. The average molecular weight is 466 g/mol. The normalized spacial score (nSPS) is 20.0. The smallest absolute Gasteiger partial charge is 0.274 e. The van der Waals surface area contributed by atoms with Crippen LogP contribution in [0.3, 0.4) is 0 Å². The minimum atomic E-state index is -0.175. The lowest BCUT2D eigenvalue weighted by molar-refractivity contribution is -0.126. The van der Waals surface area contributed by atoms with Gasteiger partial charge in [0.2, 0.25) is 5.91 Å². The number of hydrogen-bond donors (Lipinski definition) is 1. The van der Waals surface area contributed by atoms with Crippen molar-refractivity contribution in [3.05, 3.63) is 46.8 Å². The topological polar surface area (TPSA) is 96.8 Å². The number of ether oxygens (including phenoxy) is 1. The highest BCUT2D eigenvalue weighted by molar-refractivity contribution is 5.96. The van der Waals surface area contributed by atoms with Crippen LogP contribution in [0.2, 0.25) is 0 Å². The molecule has 1 saturated heterocycles. The summed E-state index contributed by atoms with van der Waals surface area (Å²) < 4.78 is 6.95. The van der Waals surface area contributed by atoms with Crippen LogP contribution in [0, 0.1) is 5.92 Å². The van der Waals surface area contributed by atoms with E-state index in [2.05, 4.69) is 10.4 Å². The van der Waals surface area contributed by atoms with Gasteiger partial charge in [-0.15, -0.1) is 0 Å². The molecule has 0 bridgehead atoms. The average Bonchev–Trinajstić information content (AvgIpc) is 3.63. The van der Waals surface area contributed by atoms with Gasteiger partial charge in [-0.1, -0.05) is 0 Å². The first-order valence-electron chi connectivity index (χ1n) is 12.0. The van der Waals surface area contributed by atoms with E-state index in [1.165, 1.54) is 0 Å². The fourth-order valence-corrected chi connectivity index (χ4v) is 4.93. The molecular formula is C25H31N5O4. The molecule has 180 valence electrons. The van der Waals surface area contributed by atoms with Crippen molar-refractivity contribution in [2.45, 2.75) is 44.7 Å². The fraction of sp³-hybridized carbons (Fsp3) is 0.520. The second-order valence-corrected chi connectivity index (χ2v) is 9.48. The molecule has 34 heavy (non-hydrogen) atoms. The van der Waals surface area contributed by atoms with Crippen molar-refractivity contribution in [3.63, 3.8) is 0 Å². The van der Waals surface area contributed by atoms with E-state index in [-0.39, 0.29) is 23.6 Å². The van der Waals surface area contributed by atoms with E-state index in [0.717, 1.165) is 36.9 Å². The number of likely N-dealkylation sites (tertiary alicyclic amines) is 1. The molecule has 0 unspecified atom stereocenters. The van der Waals surface area contributed by atoms with Crippen molar-refractivity contribution < 1.29 is 19.1 Å². The van der Waals surface area contributed by atoms with Gasteiger partial charge in [0.05, 0.1) is 19.6 Å². The fourth-order valence-electron chi connectivity index (χ4n) is 4.93. The summed E-state index contributed by atoms with van der Waals surface area (Å²) in [5.41, 5.74) is 2.78. The van der Waals surface area contributed by atoms with Gasteiger partial charge in [-0.2, -0.15) is 5.10 Å². The molecule has 2 aromatic rings. The van der Waals surface area contributed by atoms with Crippen molar-refractivity contribution in [2.75, 3.05) is 26.7 Å². The molecular weight excluding hydrogens is 434 g/mol. The van der Waals surface area contributed by atoms with E-state index in [1.54, 1.807) is 45.9 Å². The molecule has 1 aromatic heterocycles. The van der Waals surface area contributed by atoms with E-state index < -0.39 is 0 Å². The van der Waals surface area contributed by atoms with E-state index in [0.29, 0.717) is 55.6 Å². The highest BCUT2D eigenvalue weighted by Crippen LogP contribution is 2.27. The monoisotopic (exact) mass is 465 g/mol. The Morgan fingerprint density at radius 2 is 1.79 bits per heavy atom. The minimum absolute atomic E-state index is 0.0549. The van der Waals surface area contributed by atoms with Crippen molar-refractivity contribution in [3.8, 4) is 5.75 Å². The zero-order chi connectivity index (χ0) is 23.8. The Balaban J connectivity index is 1.32. The summed E-state index contributed by atoms with van der Waals surface area (Å²) in [5.74, 6) is 0.346. The Hall–Kier alpha value is -3.36. The third-order valence-electron chi connectivity index (χ3n) is 7.07. The van der Waals surface area contributed by atoms with Gasteiger partial charge < -0.3 is 19.9 Å². The number of piperidine rings is 1. The van der Waals surface area contributed by atoms with Gasteiger partial charge in [-0.25, -0.2) is 0 Å². The van der Waals surface area contributed by atoms with Crippen LogP contribution < -0.4 is 10.1 Å². The molecule has 2 aliphatic heterocycles. The van der Waals surface area contributed by atoms with Crippen LogP contribution in [0.1, 0.15) is 57.8 Å². The molecule has 5 rings (SSSR count). The van der Waals surface area contributed by atoms with Gasteiger partial charge in [0.15, 0.2) is 5.69 Å². The Bertz CT molecular complexity index is 1110. The van der Waals surface area contributed by atoms with Crippen LogP contribution in [-0.2, 0) is 24.8 Å². The highest BCUT2D eigenvalue weighted by atomic mass is 16.5. The number of aryl methyl sites for hydroxylation is 1. The summed E-state index contributed by atoms with van der Waals surface area (Å²) in [4.78, 5) is 42.7. The number of methoxy groups -OCH3 is 1. The lowest BCUT2D eigenvalue weighted by Gasteiger charge is -2.32. The minimum Gasteiger partial charge on any atom is -0.497 e. The number of hydrogen-bond acceptors (Lipinski definition) is 5. The molecule has 2 fully saturated rings. The van der Waals surface area contributed by atoms with Crippen molar-refractivity contribution >= 4 is 17.7 Å². The van der Waals surface area contributed by atoms with Crippen molar-refractivity contribution in [1.29, 1.82) is 0 Å². The summed E-state index contributed by atoms with van der Waals surface area (Å²) in [6.07, 6.45) is 4.33.